The van der Waals surface area contributed by atoms with Gasteiger partial charge in [-0.1, -0.05) is 24.3 Å². The zero-order valence-corrected chi connectivity index (χ0v) is 14.4. The third kappa shape index (κ3) is 3.33. The van der Waals surface area contributed by atoms with E-state index in [1.54, 1.807) is 4.90 Å². The number of H-pyrrole nitrogens is 1. The molecule has 0 aliphatic carbocycles. The van der Waals surface area contributed by atoms with Gasteiger partial charge in [-0.25, -0.2) is 0 Å². The molecule has 1 saturated heterocycles. The molecule has 0 saturated carbocycles. The first-order valence-corrected chi connectivity index (χ1v) is 8.93. The molecular formula is C21H21N3O2. The molecule has 2 amide bonds. The number of carbonyl (C=O) groups is 2. The monoisotopic (exact) mass is 347 g/mol. The molecule has 2 heterocycles. The van der Waals surface area contributed by atoms with Crippen LogP contribution in [0.15, 0.2) is 60.8 Å². The molecule has 5 nitrogen and oxygen atoms in total. The molecule has 0 radical (unpaired) electrons. The second kappa shape index (κ2) is 7.04. The van der Waals surface area contributed by atoms with Gasteiger partial charge in [0.2, 0.25) is 5.91 Å². The summed E-state index contributed by atoms with van der Waals surface area (Å²) in [6, 6.07) is 17.1. The van der Waals surface area contributed by atoms with Crippen LogP contribution in [0.1, 0.15) is 23.2 Å². The molecular weight excluding hydrogens is 326 g/mol. The van der Waals surface area contributed by atoms with E-state index >= 15 is 0 Å². The van der Waals surface area contributed by atoms with Crippen molar-refractivity contribution in [2.75, 3.05) is 18.4 Å². The summed E-state index contributed by atoms with van der Waals surface area (Å²) in [5, 5.41) is 4.03. The summed E-state index contributed by atoms with van der Waals surface area (Å²) in [7, 11) is 0. The molecule has 1 unspecified atom stereocenters. The van der Waals surface area contributed by atoms with Crippen molar-refractivity contribution in [1.82, 2.24) is 9.88 Å². The van der Waals surface area contributed by atoms with Crippen LogP contribution in [-0.2, 0) is 4.79 Å². The highest BCUT2D eigenvalue weighted by molar-refractivity contribution is 5.99. The average molecular weight is 347 g/mol. The molecule has 0 spiro atoms. The van der Waals surface area contributed by atoms with Crippen LogP contribution in [0, 0.1) is 5.92 Å². The molecule has 1 aliphatic heterocycles. The molecule has 132 valence electrons. The van der Waals surface area contributed by atoms with Crippen LogP contribution in [-0.4, -0.2) is 34.8 Å². The Balaban J connectivity index is 1.45. The lowest BCUT2D eigenvalue weighted by atomic mass is 9.96. The highest BCUT2D eigenvalue weighted by Crippen LogP contribution is 2.22. The van der Waals surface area contributed by atoms with Gasteiger partial charge in [-0.3, -0.25) is 9.59 Å². The first-order valence-electron chi connectivity index (χ1n) is 8.93. The minimum Gasteiger partial charge on any atom is -0.361 e. The number of nitrogens with zero attached hydrogens (tertiary/aromatic N) is 1. The number of hydrogen-bond acceptors (Lipinski definition) is 2. The fraction of sp³-hybridized carbons (Fsp3) is 0.238. The smallest absolute Gasteiger partial charge is 0.253 e. The molecule has 1 fully saturated rings. The first-order chi connectivity index (χ1) is 12.7. The van der Waals surface area contributed by atoms with Crippen LogP contribution in [0.2, 0.25) is 0 Å². The molecule has 1 atom stereocenters. The molecule has 5 heteroatoms. The van der Waals surface area contributed by atoms with Crippen LogP contribution < -0.4 is 5.32 Å². The van der Waals surface area contributed by atoms with Gasteiger partial charge in [0.1, 0.15) is 0 Å². The summed E-state index contributed by atoms with van der Waals surface area (Å²) < 4.78 is 0. The maximum Gasteiger partial charge on any atom is 0.253 e. The van der Waals surface area contributed by atoms with Crippen molar-refractivity contribution >= 4 is 28.4 Å². The van der Waals surface area contributed by atoms with Gasteiger partial charge in [0, 0.05) is 36.1 Å². The lowest BCUT2D eigenvalue weighted by molar-refractivity contribution is -0.121. The molecule has 26 heavy (non-hydrogen) atoms. The van der Waals surface area contributed by atoms with E-state index in [9.17, 15) is 9.59 Å². The Hall–Kier alpha value is -3.08. The fourth-order valence-electron chi connectivity index (χ4n) is 3.50. The summed E-state index contributed by atoms with van der Waals surface area (Å²) in [5.41, 5.74) is 2.40. The lowest BCUT2D eigenvalue weighted by Gasteiger charge is -2.32. The van der Waals surface area contributed by atoms with E-state index < -0.39 is 0 Å². The Morgan fingerprint density at radius 3 is 2.77 bits per heavy atom. The van der Waals surface area contributed by atoms with Crippen molar-refractivity contribution in [2.24, 2.45) is 5.92 Å². The maximum atomic E-state index is 12.9. The normalized spacial score (nSPS) is 17.2. The van der Waals surface area contributed by atoms with E-state index in [0.29, 0.717) is 18.7 Å². The SMILES string of the molecule is O=C(Nc1ccccc1)C1CCCN(C(=O)c2ccc3cc[nH]c3c2)C1. The van der Waals surface area contributed by atoms with Crippen molar-refractivity contribution in [3.63, 3.8) is 0 Å². The van der Waals surface area contributed by atoms with Gasteiger partial charge in [-0.15, -0.1) is 0 Å². The predicted octanol–water partition coefficient (Wildman–Crippen LogP) is 3.66. The van der Waals surface area contributed by atoms with Crippen molar-refractivity contribution in [3.05, 3.63) is 66.4 Å². The number of rotatable bonds is 3. The number of likely N-dealkylation sites (tertiary alicyclic amines) is 1. The van der Waals surface area contributed by atoms with E-state index in [-0.39, 0.29) is 17.7 Å². The number of hydrogen-bond donors (Lipinski definition) is 2. The number of amides is 2. The largest absolute Gasteiger partial charge is 0.361 e. The van der Waals surface area contributed by atoms with Gasteiger partial charge in [-0.2, -0.15) is 0 Å². The number of para-hydroxylation sites is 1. The summed E-state index contributed by atoms with van der Waals surface area (Å²) in [5.74, 6) is -0.214. The third-order valence-corrected chi connectivity index (χ3v) is 4.92. The van der Waals surface area contributed by atoms with Gasteiger partial charge in [0.05, 0.1) is 5.92 Å². The minimum atomic E-state index is -0.179. The lowest BCUT2D eigenvalue weighted by Crippen LogP contribution is -2.43. The number of piperidine rings is 1. The topological polar surface area (TPSA) is 65.2 Å². The van der Waals surface area contributed by atoms with Crippen molar-refractivity contribution in [1.29, 1.82) is 0 Å². The van der Waals surface area contributed by atoms with Gasteiger partial charge in [0.15, 0.2) is 0 Å². The zero-order valence-electron chi connectivity index (χ0n) is 14.4. The number of aromatic amines is 1. The molecule has 2 N–H and O–H groups in total. The van der Waals surface area contributed by atoms with E-state index in [1.807, 2.05) is 60.8 Å². The first kappa shape index (κ1) is 16.4. The predicted molar refractivity (Wildman–Crippen MR) is 102 cm³/mol. The molecule has 1 aromatic heterocycles. The van der Waals surface area contributed by atoms with Crippen molar-refractivity contribution in [2.45, 2.75) is 12.8 Å². The van der Waals surface area contributed by atoms with Crippen molar-refractivity contribution in [3.8, 4) is 0 Å². The molecule has 3 aromatic rings. The number of fused-ring (bicyclic) bond motifs is 1. The van der Waals surface area contributed by atoms with Crippen LogP contribution >= 0.6 is 0 Å². The molecule has 4 rings (SSSR count). The van der Waals surface area contributed by atoms with Gasteiger partial charge in [-0.05, 0) is 48.6 Å². The average Bonchev–Trinajstić information content (AvgIpc) is 3.16. The van der Waals surface area contributed by atoms with Gasteiger partial charge >= 0.3 is 0 Å². The number of anilines is 1. The van der Waals surface area contributed by atoms with Crippen LogP contribution in [0.5, 0.6) is 0 Å². The Morgan fingerprint density at radius 1 is 1.08 bits per heavy atom. The van der Waals surface area contributed by atoms with Crippen LogP contribution in [0.25, 0.3) is 10.9 Å². The van der Waals surface area contributed by atoms with E-state index in [4.69, 9.17) is 0 Å². The Bertz CT molecular complexity index is 933. The Morgan fingerprint density at radius 2 is 1.92 bits per heavy atom. The minimum absolute atomic E-state index is 0.0151. The Labute approximate surface area is 152 Å². The van der Waals surface area contributed by atoms with Crippen molar-refractivity contribution < 1.29 is 9.59 Å². The van der Waals surface area contributed by atoms with E-state index in [1.165, 1.54) is 0 Å². The standard InChI is InChI=1S/C21H21N3O2/c25-20(23-18-6-2-1-3-7-18)17-5-4-12-24(14-17)21(26)16-9-8-15-10-11-22-19(15)13-16/h1-3,6-11,13,17,22H,4-5,12,14H2,(H,23,25). The quantitative estimate of drug-likeness (QED) is 0.759. The highest BCUT2D eigenvalue weighted by atomic mass is 16.2. The van der Waals surface area contributed by atoms with Crippen LogP contribution in [0.4, 0.5) is 5.69 Å². The third-order valence-electron chi connectivity index (χ3n) is 4.92. The summed E-state index contributed by atoms with van der Waals surface area (Å²) in [6.45, 7) is 1.15. The Kier molecular flexibility index (Phi) is 4.44. The number of benzene rings is 2. The highest BCUT2D eigenvalue weighted by Gasteiger charge is 2.29. The van der Waals surface area contributed by atoms with Gasteiger partial charge < -0.3 is 15.2 Å². The summed E-state index contributed by atoms with van der Waals surface area (Å²) in [4.78, 5) is 30.4. The fourth-order valence-corrected chi connectivity index (χ4v) is 3.50. The number of carbonyl (C=O) groups excluding carboxylic acids is 2. The number of nitrogens with one attached hydrogen (secondary N) is 2. The van der Waals surface area contributed by atoms with E-state index in [0.717, 1.165) is 29.4 Å². The van der Waals surface area contributed by atoms with Crippen LogP contribution in [0.3, 0.4) is 0 Å². The summed E-state index contributed by atoms with van der Waals surface area (Å²) in [6.07, 6.45) is 3.51. The van der Waals surface area contributed by atoms with Gasteiger partial charge in [0.25, 0.3) is 5.91 Å². The summed E-state index contributed by atoms with van der Waals surface area (Å²) >= 11 is 0. The zero-order chi connectivity index (χ0) is 17.9. The second-order valence-corrected chi connectivity index (χ2v) is 6.73. The second-order valence-electron chi connectivity index (χ2n) is 6.73. The molecule has 2 aromatic carbocycles. The molecule has 0 bridgehead atoms. The maximum absolute atomic E-state index is 12.9. The number of aromatic nitrogens is 1. The molecule has 1 aliphatic rings. The van der Waals surface area contributed by atoms with E-state index in [2.05, 4.69) is 10.3 Å².